The first-order valence-electron chi connectivity index (χ1n) is 6.19. The van der Waals surface area contributed by atoms with Crippen molar-refractivity contribution < 1.29 is 4.74 Å². The molecule has 0 amide bonds. The molecule has 2 rings (SSSR count). The monoisotopic (exact) mass is 333 g/mol. The standard InChI is InChI=1S/C15H16BrN3O/c1-10-11(6-13(8-17)19(10)2)9-18-12-4-5-15(20-3)14(16)7-12/h4-7,18H,9H2,1-3H3. The van der Waals surface area contributed by atoms with Gasteiger partial charge in [0.05, 0.1) is 11.6 Å². The SMILES string of the molecule is COc1ccc(NCc2cc(C#N)n(C)c2C)cc1Br. The average molecular weight is 334 g/mol. The van der Waals surface area contributed by atoms with Crippen LogP contribution in [0, 0.1) is 18.3 Å². The molecule has 0 fully saturated rings. The number of nitrogens with zero attached hydrogens (tertiary/aromatic N) is 2. The van der Waals surface area contributed by atoms with Gasteiger partial charge in [0.25, 0.3) is 0 Å². The molecule has 20 heavy (non-hydrogen) atoms. The summed E-state index contributed by atoms with van der Waals surface area (Å²) in [6.07, 6.45) is 0. The van der Waals surface area contributed by atoms with Gasteiger partial charge in [-0.05, 0) is 52.7 Å². The van der Waals surface area contributed by atoms with Gasteiger partial charge in [-0.1, -0.05) is 0 Å². The second-order valence-electron chi connectivity index (χ2n) is 4.51. The molecule has 1 heterocycles. The molecule has 0 saturated heterocycles. The number of hydrogen-bond donors (Lipinski definition) is 1. The van der Waals surface area contributed by atoms with Crippen molar-refractivity contribution in [2.75, 3.05) is 12.4 Å². The van der Waals surface area contributed by atoms with E-state index in [0.717, 1.165) is 27.2 Å². The molecule has 0 radical (unpaired) electrons. The molecule has 1 N–H and O–H groups in total. The van der Waals surface area contributed by atoms with Crippen LogP contribution in [0.3, 0.4) is 0 Å². The van der Waals surface area contributed by atoms with E-state index in [4.69, 9.17) is 10.00 Å². The van der Waals surface area contributed by atoms with Crippen LogP contribution in [0.4, 0.5) is 5.69 Å². The summed E-state index contributed by atoms with van der Waals surface area (Å²) < 4.78 is 8.01. The van der Waals surface area contributed by atoms with Gasteiger partial charge >= 0.3 is 0 Å². The van der Waals surface area contributed by atoms with Crippen LogP contribution in [0.5, 0.6) is 5.75 Å². The van der Waals surface area contributed by atoms with E-state index < -0.39 is 0 Å². The van der Waals surface area contributed by atoms with Crippen molar-refractivity contribution in [1.82, 2.24) is 4.57 Å². The summed E-state index contributed by atoms with van der Waals surface area (Å²) in [5.41, 5.74) is 3.90. The maximum Gasteiger partial charge on any atom is 0.133 e. The van der Waals surface area contributed by atoms with Crippen LogP contribution < -0.4 is 10.1 Å². The number of nitrogens with one attached hydrogen (secondary N) is 1. The lowest BCUT2D eigenvalue weighted by atomic mass is 10.2. The fraction of sp³-hybridized carbons (Fsp3) is 0.267. The molecular weight excluding hydrogens is 318 g/mol. The van der Waals surface area contributed by atoms with Crippen molar-refractivity contribution in [3.05, 3.63) is 45.7 Å². The molecule has 104 valence electrons. The largest absolute Gasteiger partial charge is 0.496 e. The van der Waals surface area contributed by atoms with E-state index >= 15 is 0 Å². The molecule has 0 saturated carbocycles. The Kier molecular flexibility index (Phi) is 4.35. The number of ether oxygens (including phenoxy) is 1. The third-order valence-electron chi connectivity index (χ3n) is 3.39. The molecule has 0 spiro atoms. The van der Waals surface area contributed by atoms with E-state index in [9.17, 15) is 0 Å². The summed E-state index contributed by atoms with van der Waals surface area (Å²) in [4.78, 5) is 0. The fourth-order valence-electron chi connectivity index (χ4n) is 2.02. The smallest absolute Gasteiger partial charge is 0.133 e. The zero-order valence-corrected chi connectivity index (χ0v) is 13.3. The highest BCUT2D eigenvalue weighted by molar-refractivity contribution is 9.10. The van der Waals surface area contributed by atoms with E-state index in [1.807, 2.05) is 42.8 Å². The molecule has 0 aliphatic carbocycles. The number of aromatic nitrogens is 1. The molecule has 5 heteroatoms. The topological polar surface area (TPSA) is 50.0 Å². The Balaban J connectivity index is 2.13. The van der Waals surface area contributed by atoms with Gasteiger partial charge in [0, 0.05) is 25.0 Å². The van der Waals surface area contributed by atoms with Gasteiger partial charge in [0.1, 0.15) is 17.5 Å². The van der Waals surface area contributed by atoms with Gasteiger partial charge in [-0.2, -0.15) is 5.26 Å². The second kappa shape index (κ2) is 6.02. The van der Waals surface area contributed by atoms with E-state index in [2.05, 4.69) is 27.3 Å². The Morgan fingerprint density at radius 2 is 2.15 bits per heavy atom. The van der Waals surface area contributed by atoms with Crippen molar-refractivity contribution in [3.8, 4) is 11.8 Å². The van der Waals surface area contributed by atoms with Crippen molar-refractivity contribution in [1.29, 1.82) is 5.26 Å². The van der Waals surface area contributed by atoms with Gasteiger partial charge in [-0.15, -0.1) is 0 Å². The Morgan fingerprint density at radius 1 is 1.40 bits per heavy atom. The number of halogens is 1. The minimum Gasteiger partial charge on any atom is -0.496 e. The summed E-state index contributed by atoms with van der Waals surface area (Å²) >= 11 is 3.46. The minimum absolute atomic E-state index is 0.676. The maximum atomic E-state index is 9.02. The third kappa shape index (κ3) is 2.81. The van der Waals surface area contributed by atoms with Crippen molar-refractivity contribution in [2.24, 2.45) is 7.05 Å². The summed E-state index contributed by atoms with van der Waals surface area (Å²) in [7, 11) is 3.55. The Hall–Kier alpha value is -1.93. The van der Waals surface area contributed by atoms with Gasteiger partial charge in [-0.25, -0.2) is 0 Å². The van der Waals surface area contributed by atoms with E-state index in [-0.39, 0.29) is 0 Å². The molecular formula is C15H16BrN3O. The lowest BCUT2D eigenvalue weighted by Gasteiger charge is -2.09. The van der Waals surface area contributed by atoms with Crippen molar-refractivity contribution in [3.63, 3.8) is 0 Å². The minimum atomic E-state index is 0.676. The predicted molar refractivity (Wildman–Crippen MR) is 82.9 cm³/mol. The molecule has 2 aromatic rings. The lowest BCUT2D eigenvalue weighted by molar-refractivity contribution is 0.412. The van der Waals surface area contributed by atoms with Crippen LogP contribution in [0.1, 0.15) is 17.0 Å². The molecule has 0 unspecified atom stereocenters. The summed E-state index contributed by atoms with van der Waals surface area (Å²) in [5, 5.41) is 12.4. The summed E-state index contributed by atoms with van der Waals surface area (Å²) in [6, 6.07) is 9.96. The number of rotatable bonds is 4. The molecule has 1 aromatic carbocycles. The molecule has 0 bridgehead atoms. The first-order valence-corrected chi connectivity index (χ1v) is 6.98. The molecule has 4 nitrogen and oxygen atoms in total. The van der Waals surface area contributed by atoms with Gasteiger partial charge in [0.2, 0.25) is 0 Å². The zero-order chi connectivity index (χ0) is 14.7. The van der Waals surface area contributed by atoms with Crippen molar-refractivity contribution in [2.45, 2.75) is 13.5 Å². The lowest BCUT2D eigenvalue weighted by Crippen LogP contribution is -2.01. The molecule has 0 aliphatic rings. The van der Waals surface area contributed by atoms with E-state index in [1.54, 1.807) is 7.11 Å². The first kappa shape index (κ1) is 14.5. The fourth-order valence-corrected chi connectivity index (χ4v) is 2.56. The number of nitriles is 1. The highest BCUT2D eigenvalue weighted by Crippen LogP contribution is 2.28. The zero-order valence-electron chi connectivity index (χ0n) is 11.7. The van der Waals surface area contributed by atoms with Crippen LogP contribution in [-0.2, 0) is 13.6 Å². The number of anilines is 1. The number of hydrogen-bond acceptors (Lipinski definition) is 3. The molecule has 0 atom stereocenters. The average Bonchev–Trinajstić information content (AvgIpc) is 2.72. The van der Waals surface area contributed by atoms with Crippen molar-refractivity contribution >= 4 is 21.6 Å². The Morgan fingerprint density at radius 3 is 2.70 bits per heavy atom. The van der Waals surface area contributed by atoms with Gasteiger partial charge < -0.3 is 14.6 Å². The van der Waals surface area contributed by atoms with Crippen LogP contribution in [0.2, 0.25) is 0 Å². The number of benzene rings is 1. The first-order chi connectivity index (χ1) is 9.56. The van der Waals surface area contributed by atoms with Gasteiger partial charge in [-0.3, -0.25) is 0 Å². The molecule has 0 aliphatic heterocycles. The third-order valence-corrected chi connectivity index (χ3v) is 4.01. The van der Waals surface area contributed by atoms with E-state index in [1.165, 1.54) is 0 Å². The quantitative estimate of drug-likeness (QED) is 0.930. The number of methoxy groups -OCH3 is 1. The van der Waals surface area contributed by atoms with Crippen LogP contribution in [0.15, 0.2) is 28.7 Å². The van der Waals surface area contributed by atoms with Crippen LogP contribution in [0.25, 0.3) is 0 Å². The Labute approximate surface area is 127 Å². The highest BCUT2D eigenvalue weighted by Gasteiger charge is 2.08. The maximum absolute atomic E-state index is 9.02. The van der Waals surface area contributed by atoms with Crippen LogP contribution >= 0.6 is 15.9 Å². The predicted octanol–water partition coefficient (Wildman–Crippen LogP) is 3.59. The summed E-state index contributed by atoms with van der Waals surface area (Å²) in [5.74, 6) is 0.804. The Bertz CT molecular complexity index is 670. The van der Waals surface area contributed by atoms with Gasteiger partial charge in [0.15, 0.2) is 0 Å². The second-order valence-corrected chi connectivity index (χ2v) is 5.37. The summed E-state index contributed by atoms with van der Waals surface area (Å²) in [6.45, 7) is 2.70. The van der Waals surface area contributed by atoms with Crippen LogP contribution in [-0.4, -0.2) is 11.7 Å². The normalized spacial score (nSPS) is 10.2. The van der Waals surface area contributed by atoms with E-state index in [0.29, 0.717) is 12.2 Å². The highest BCUT2D eigenvalue weighted by atomic mass is 79.9. The molecule has 1 aromatic heterocycles.